The van der Waals surface area contributed by atoms with Crippen LogP contribution in [0.1, 0.15) is 39.2 Å². The maximum absolute atomic E-state index is 12.9. The van der Waals surface area contributed by atoms with Crippen molar-refractivity contribution in [3.8, 4) is 0 Å². The molecule has 0 bridgehead atoms. The molecule has 6 nitrogen and oxygen atoms in total. The quantitative estimate of drug-likeness (QED) is 0.448. The summed E-state index contributed by atoms with van der Waals surface area (Å²) in [6, 6.07) is 7.92. The lowest BCUT2D eigenvalue weighted by molar-refractivity contribution is -0.138. The lowest BCUT2D eigenvalue weighted by Gasteiger charge is -2.31. The van der Waals surface area contributed by atoms with Gasteiger partial charge in [-0.15, -0.1) is 0 Å². The minimum atomic E-state index is -0.610. The Morgan fingerprint density at radius 1 is 0.935 bits per heavy atom. The molecule has 2 rings (SSSR count). The maximum atomic E-state index is 12.9. The number of carbonyl (C=O) groups excluding carboxylic acids is 2. The number of nitrogens with zero attached hydrogens (tertiary/aromatic N) is 1. The van der Waals surface area contributed by atoms with Gasteiger partial charge >= 0.3 is 11.9 Å². The van der Waals surface area contributed by atoms with Crippen molar-refractivity contribution in [2.45, 2.75) is 33.6 Å². The SMILES string of the molecule is C=CCOC(=O)C1=C(C)NC(C)=C(C(=O)OCC=C)C1c1ccc(N(CC)CC)cc1. The fourth-order valence-electron chi connectivity index (χ4n) is 3.76. The van der Waals surface area contributed by atoms with E-state index in [1.807, 2.05) is 24.3 Å². The van der Waals surface area contributed by atoms with Gasteiger partial charge in [0.05, 0.1) is 17.1 Å². The summed E-state index contributed by atoms with van der Waals surface area (Å²) >= 11 is 0. The highest BCUT2D eigenvalue weighted by Crippen LogP contribution is 2.39. The van der Waals surface area contributed by atoms with Gasteiger partial charge in [-0.05, 0) is 45.4 Å². The fraction of sp³-hybridized carbons (Fsp3) is 0.360. The largest absolute Gasteiger partial charge is 0.458 e. The molecule has 31 heavy (non-hydrogen) atoms. The zero-order valence-electron chi connectivity index (χ0n) is 18.9. The summed E-state index contributed by atoms with van der Waals surface area (Å²) in [7, 11) is 0. The average Bonchev–Trinajstić information content (AvgIpc) is 2.76. The van der Waals surface area contributed by atoms with Crippen LogP contribution >= 0.6 is 0 Å². The molecule has 166 valence electrons. The number of dihydropyridines is 1. The molecule has 1 aromatic rings. The molecule has 1 heterocycles. The second-order valence-electron chi connectivity index (χ2n) is 7.17. The van der Waals surface area contributed by atoms with Crippen LogP contribution in [-0.4, -0.2) is 38.2 Å². The van der Waals surface area contributed by atoms with Crippen LogP contribution < -0.4 is 10.2 Å². The third kappa shape index (κ3) is 5.45. The lowest BCUT2D eigenvalue weighted by atomic mass is 9.80. The van der Waals surface area contributed by atoms with Crippen LogP contribution in [-0.2, 0) is 19.1 Å². The number of nitrogens with one attached hydrogen (secondary N) is 1. The first-order valence-corrected chi connectivity index (χ1v) is 10.5. The predicted octanol–water partition coefficient (Wildman–Crippen LogP) is 4.23. The van der Waals surface area contributed by atoms with Crippen LogP contribution in [0.15, 0.2) is 72.1 Å². The fourth-order valence-corrected chi connectivity index (χ4v) is 3.76. The van der Waals surface area contributed by atoms with Crippen molar-refractivity contribution >= 4 is 17.6 Å². The Morgan fingerprint density at radius 2 is 1.39 bits per heavy atom. The standard InChI is InChI=1S/C25H32N2O4/c1-7-15-30-24(28)21-17(5)26-18(6)22(25(29)31-16-8-2)23(21)19-11-13-20(14-12-19)27(9-3)10-4/h7-8,11-14,23,26H,1-2,9-10,15-16H2,3-6H3. The normalized spacial score (nSPS) is 14.1. The summed E-state index contributed by atoms with van der Waals surface area (Å²) < 4.78 is 10.7. The number of benzene rings is 1. The van der Waals surface area contributed by atoms with Crippen molar-refractivity contribution in [2.75, 3.05) is 31.2 Å². The smallest absolute Gasteiger partial charge is 0.337 e. The van der Waals surface area contributed by atoms with Gasteiger partial charge in [-0.3, -0.25) is 0 Å². The number of esters is 2. The molecule has 0 atom stereocenters. The lowest BCUT2D eigenvalue weighted by Crippen LogP contribution is -2.32. The van der Waals surface area contributed by atoms with Crippen LogP contribution in [0.25, 0.3) is 0 Å². The molecule has 0 aromatic heterocycles. The first-order valence-electron chi connectivity index (χ1n) is 10.5. The zero-order chi connectivity index (χ0) is 23.0. The van der Waals surface area contributed by atoms with E-state index >= 15 is 0 Å². The highest BCUT2D eigenvalue weighted by molar-refractivity contribution is 6.00. The van der Waals surface area contributed by atoms with E-state index in [0.29, 0.717) is 22.5 Å². The Hall–Kier alpha value is -3.28. The molecule has 0 saturated carbocycles. The van der Waals surface area contributed by atoms with Crippen LogP contribution in [0, 0.1) is 0 Å². The molecule has 0 amide bonds. The number of allylic oxidation sites excluding steroid dienone is 2. The zero-order valence-corrected chi connectivity index (χ0v) is 18.9. The van der Waals surface area contributed by atoms with Crippen LogP contribution in [0.4, 0.5) is 5.69 Å². The van der Waals surface area contributed by atoms with Gasteiger partial charge < -0.3 is 19.7 Å². The van der Waals surface area contributed by atoms with E-state index in [1.54, 1.807) is 13.8 Å². The summed E-state index contributed by atoms with van der Waals surface area (Å²) in [5.41, 5.74) is 3.94. The van der Waals surface area contributed by atoms with Gasteiger partial charge in [0.25, 0.3) is 0 Å². The minimum Gasteiger partial charge on any atom is -0.458 e. The Morgan fingerprint density at radius 3 is 1.77 bits per heavy atom. The third-order valence-electron chi connectivity index (χ3n) is 5.22. The second kappa shape index (κ2) is 11.2. The minimum absolute atomic E-state index is 0.0855. The molecule has 0 saturated heterocycles. The number of hydrogen-bond acceptors (Lipinski definition) is 6. The van der Waals surface area contributed by atoms with Gasteiger partial charge in [0, 0.05) is 30.2 Å². The van der Waals surface area contributed by atoms with Crippen molar-refractivity contribution < 1.29 is 19.1 Å². The molecule has 1 aliphatic rings. The number of ether oxygens (including phenoxy) is 2. The Balaban J connectivity index is 2.57. The molecule has 0 spiro atoms. The van der Waals surface area contributed by atoms with Crippen LogP contribution in [0.3, 0.4) is 0 Å². The summed E-state index contributed by atoms with van der Waals surface area (Å²) in [6.45, 7) is 17.0. The van der Waals surface area contributed by atoms with E-state index in [-0.39, 0.29) is 13.2 Å². The Labute approximate surface area is 184 Å². The molecule has 0 radical (unpaired) electrons. The molecule has 1 aliphatic heterocycles. The van der Waals surface area contributed by atoms with E-state index in [9.17, 15) is 9.59 Å². The van der Waals surface area contributed by atoms with Crippen LogP contribution in [0.5, 0.6) is 0 Å². The average molecular weight is 425 g/mol. The van der Waals surface area contributed by atoms with Gasteiger partial charge in [-0.1, -0.05) is 37.4 Å². The van der Waals surface area contributed by atoms with Gasteiger partial charge in [-0.25, -0.2) is 9.59 Å². The first kappa shape index (κ1) is 24.0. The van der Waals surface area contributed by atoms with E-state index < -0.39 is 17.9 Å². The first-order chi connectivity index (χ1) is 14.9. The molecular weight excluding hydrogens is 392 g/mol. The molecule has 0 fully saturated rings. The topological polar surface area (TPSA) is 67.9 Å². The molecular formula is C25H32N2O4. The van der Waals surface area contributed by atoms with Crippen molar-refractivity contribution in [1.29, 1.82) is 0 Å². The second-order valence-corrected chi connectivity index (χ2v) is 7.17. The Kier molecular flexibility index (Phi) is 8.67. The number of hydrogen-bond donors (Lipinski definition) is 1. The molecule has 1 N–H and O–H groups in total. The van der Waals surface area contributed by atoms with Gasteiger partial charge in [0.15, 0.2) is 0 Å². The van der Waals surface area contributed by atoms with Crippen molar-refractivity contribution in [3.63, 3.8) is 0 Å². The highest BCUT2D eigenvalue weighted by Gasteiger charge is 2.37. The number of anilines is 1. The summed E-state index contributed by atoms with van der Waals surface area (Å²) in [4.78, 5) is 28.1. The Bertz CT molecular complexity index is 847. The molecule has 0 unspecified atom stereocenters. The van der Waals surface area contributed by atoms with Gasteiger partial charge in [0.2, 0.25) is 0 Å². The van der Waals surface area contributed by atoms with E-state index in [0.717, 1.165) is 24.3 Å². The van der Waals surface area contributed by atoms with Crippen LogP contribution in [0.2, 0.25) is 0 Å². The number of rotatable bonds is 10. The van der Waals surface area contributed by atoms with Crippen molar-refractivity contribution in [1.82, 2.24) is 5.32 Å². The molecule has 1 aromatic carbocycles. The maximum Gasteiger partial charge on any atom is 0.337 e. The summed E-state index contributed by atoms with van der Waals surface area (Å²) in [5, 5.41) is 3.14. The van der Waals surface area contributed by atoms with Crippen molar-refractivity contribution in [3.05, 3.63) is 77.7 Å². The van der Waals surface area contributed by atoms with E-state index in [2.05, 4.69) is 37.2 Å². The highest BCUT2D eigenvalue weighted by atomic mass is 16.5. The molecule has 6 heteroatoms. The molecule has 0 aliphatic carbocycles. The number of carbonyl (C=O) groups is 2. The van der Waals surface area contributed by atoms with Gasteiger partial charge in [0.1, 0.15) is 13.2 Å². The summed E-state index contributed by atoms with van der Waals surface area (Å²) in [5.74, 6) is -1.60. The summed E-state index contributed by atoms with van der Waals surface area (Å²) in [6.07, 6.45) is 3.02. The van der Waals surface area contributed by atoms with E-state index in [4.69, 9.17) is 9.47 Å². The monoisotopic (exact) mass is 424 g/mol. The van der Waals surface area contributed by atoms with Gasteiger partial charge in [-0.2, -0.15) is 0 Å². The third-order valence-corrected chi connectivity index (χ3v) is 5.22. The van der Waals surface area contributed by atoms with E-state index in [1.165, 1.54) is 12.2 Å². The predicted molar refractivity (Wildman–Crippen MR) is 124 cm³/mol. The van der Waals surface area contributed by atoms with Crippen molar-refractivity contribution in [2.24, 2.45) is 0 Å².